The minimum absolute atomic E-state index is 0.00244. The molecule has 0 bridgehead atoms. The average molecular weight is 395 g/mol. The zero-order valence-electron chi connectivity index (χ0n) is 15.8. The van der Waals surface area contributed by atoms with Crippen LogP contribution in [0.3, 0.4) is 0 Å². The van der Waals surface area contributed by atoms with E-state index in [0.717, 1.165) is 24.6 Å². The van der Waals surface area contributed by atoms with Crippen LogP contribution in [0.5, 0.6) is 5.75 Å². The van der Waals surface area contributed by atoms with Crippen LogP contribution in [0.25, 0.3) is 5.82 Å². The van der Waals surface area contributed by atoms with E-state index in [4.69, 9.17) is 0 Å². The number of amides is 2. The highest BCUT2D eigenvalue weighted by Gasteiger charge is 2.25. The molecule has 3 aromatic rings. The van der Waals surface area contributed by atoms with Crippen LogP contribution in [-0.4, -0.2) is 43.9 Å². The number of carbonyl (C=O) groups is 1. The molecule has 0 spiro atoms. The van der Waals surface area contributed by atoms with Gasteiger partial charge in [0.15, 0.2) is 5.82 Å². The van der Waals surface area contributed by atoms with Gasteiger partial charge in [-0.15, -0.1) is 0 Å². The first-order chi connectivity index (χ1) is 14.1. The number of hydrogen-bond acceptors (Lipinski definition) is 4. The first-order valence-electron chi connectivity index (χ1n) is 9.57. The second kappa shape index (κ2) is 8.30. The number of likely N-dealkylation sites (tertiary alicyclic amines) is 1. The van der Waals surface area contributed by atoms with Crippen molar-refractivity contribution in [2.24, 2.45) is 0 Å². The van der Waals surface area contributed by atoms with Crippen LogP contribution >= 0.6 is 0 Å². The number of nitrogens with zero attached hydrogens (tertiary/aromatic N) is 4. The van der Waals surface area contributed by atoms with Gasteiger partial charge in [-0.3, -0.25) is 0 Å². The van der Waals surface area contributed by atoms with Gasteiger partial charge in [-0.2, -0.15) is 5.10 Å². The number of piperidine rings is 1. The molecule has 1 unspecified atom stereocenters. The smallest absolute Gasteiger partial charge is 0.317 e. The maximum Gasteiger partial charge on any atom is 0.317 e. The Hall–Kier alpha value is -3.42. The Morgan fingerprint density at radius 3 is 2.97 bits per heavy atom. The van der Waals surface area contributed by atoms with Gasteiger partial charge in [-0.25, -0.2) is 18.9 Å². The van der Waals surface area contributed by atoms with Crippen LogP contribution in [-0.2, 0) is 6.54 Å². The second-order valence-electron chi connectivity index (χ2n) is 7.12. The summed E-state index contributed by atoms with van der Waals surface area (Å²) in [7, 11) is 0. The van der Waals surface area contributed by atoms with Gasteiger partial charge < -0.3 is 15.3 Å². The van der Waals surface area contributed by atoms with Crippen molar-refractivity contribution < 1.29 is 14.3 Å². The Labute approximate surface area is 167 Å². The van der Waals surface area contributed by atoms with Crippen LogP contribution in [0.2, 0.25) is 0 Å². The number of phenolic OH excluding ortho intramolecular Hbond substituents is 1. The van der Waals surface area contributed by atoms with E-state index in [0.29, 0.717) is 31.0 Å². The van der Waals surface area contributed by atoms with Crippen molar-refractivity contribution in [1.82, 2.24) is 25.0 Å². The summed E-state index contributed by atoms with van der Waals surface area (Å²) in [5.74, 6) is 0.123. The third-order valence-electron chi connectivity index (χ3n) is 5.04. The Kier molecular flexibility index (Phi) is 5.41. The highest BCUT2D eigenvalue weighted by atomic mass is 19.1. The van der Waals surface area contributed by atoms with E-state index >= 15 is 0 Å². The second-order valence-corrected chi connectivity index (χ2v) is 7.12. The van der Waals surface area contributed by atoms with E-state index in [1.54, 1.807) is 21.8 Å². The number of phenols is 1. The molecule has 0 aliphatic carbocycles. The molecule has 2 aromatic heterocycles. The molecule has 1 fully saturated rings. The molecule has 29 heavy (non-hydrogen) atoms. The standard InChI is InChI=1S/C21H22FN5O2/c22-17-10-16(11-19(28)12-17)15-4-2-8-26(14-15)21(29)23-13-18-5-1-6-20(25-18)27-9-3-7-24-27/h1,3,5-7,9-12,15,28H,2,4,8,13-14H2,(H,23,29). The Morgan fingerprint density at radius 1 is 1.28 bits per heavy atom. The fraction of sp³-hybridized carbons (Fsp3) is 0.286. The molecular formula is C21H22FN5O2. The van der Waals surface area contributed by atoms with Gasteiger partial charge >= 0.3 is 6.03 Å². The molecule has 1 saturated heterocycles. The van der Waals surface area contributed by atoms with Crippen molar-refractivity contribution in [3.8, 4) is 11.6 Å². The lowest BCUT2D eigenvalue weighted by molar-refractivity contribution is 0.179. The molecule has 0 saturated carbocycles. The first-order valence-corrected chi connectivity index (χ1v) is 9.57. The topological polar surface area (TPSA) is 83.3 Å². The zero-order chi connectivity index (χ0) is 20.2. The molecule has 3 heterocycles. The monoisotopic (exact) mass is 395 g/mol. The van der Waals surface area contributed by atoms with Crippen molar-refractivity contribution >= 4 is 6.03 Å². The maximum atomic E-state index is 13.6. The van der Waals surface area contributed by atoms with Crippen molar-refractivity contribution in [3.05, 3.63) is 71.9 Å². The Balaban J connectivity index is 1.38. The number of rotatable bonds is 4. The number of pyridine rings is 1. The summed E-state index contributed by atoms with van der Waals surface area (Å²) in [6.45, 7) is 1.43. The Morgan fingerprint density at radius 2 is 2.17 bits per heavy atom. The highest BCUT2D eigenvalue weighted by molar-refractivity contribution is 5.74. The summed E-state index contributed by atoms with van der Waals surface area (Å²) in [6, 6.07) is 11.3. The molecule has 4 rings (SSSR count). The maximum absolute atomic E-state index is 13.6. The molecule has 0 radical (unpaired) electrons. The summed E-state index contributed by atoms with van der Waals surface area (Å²) in [5, 5.41) is 16.7. The SMILES string of the molecule is O=C(NCc1cccc(-n2cccn2)n1)N1CCCC(c2cc(O)cc(F)c2)C1. The number of aromatic hydroxyl groups is 1. The van der Waals surface area contributed by atoms with Crippen LogP contribution < -0.4 is 5.32 Å². The third kappa shape index (κ3) is 4.53. The van der Waals surface area contributed by atoms with E-state index in [1.807, 2.05) is 30.5 Å². The highest BCUT2D eigenvalue weighted by Crippen LogP contribution is 2.29. The zero-order valence-corrected chi connectivity index (χ0v) is 15.8. The minimum Gasteiger partial charge on any atom is -0.508 e. The molecule has 1 atom stereocenters. The number of carbonyl (C=O) groups excluding carboxylic acids is 1. The van der Waals surface area contributed by atoms with E-state index in [9.17, 15) is 14.3 Å². The van der Waals surface area contributed by atoms with E-state index in [-0.39, 0.29) is 17.7 Å². The lowest BCUT2D eigenvalue weighted by Gasteiger charge is -2.33. The summed E-state index contributed by atoms with van der Waals surface area (Å²) in [4.78, 5) is 18.9. The van der Waals surface area contributed by atoms with Gasteiger partial charge in [-0.1, -0.05) is 6.07 Å². The van der Waals surface area contributed by atoms with Crippen molar-refractivity contribution in [1.29, 1.82) is 0 Å². The summed E-state index contributed by atoms with van der Waals surface area (Å²) in [6.07, 6.45) is 5.16. The van der Waals surface area contributed by atoms with E-state index in [2.05, 4.69) is 15.4 Å². The van der Waals surface area contributed by atoms with Gasteiger partial charge in [0.25, 0.3) is 0 Å². The normalized spacial score (nSPS) is 16.6. The van der Waals surface area contributed by atoms with Gasteiger partial charge in [0.1, 0.15) is 11.6 Å². The number of aromatic nitrogens is 3. The molecular weight excluding hydrogens is 373 g/mol. The fourth-order valence-electron chi connectivity index (χ4n) is 3.64. The van der Waals surface area contributed by atoms with Crippen molar-refractivity contribution in [3.63, 3.8) is 0 Å². The van der Waals surface area contributed by atoms with Gasteiger partial charge in [-0.05, 0) is 48.7 Å². The number of urea groups is 1. The predicted molar refractivity (Wildman–Crippen MR) is 105 cm³/mol. The predicted octanol–water partition coefficient (Wildman–Crippen LogP) is 3.20. The van der Waals surface area contributed by atoms with Gasteiger partial charge in [0.05, 0.1) is 12.2 Å². The molecule has 150 valence electrons. The summed E-state index contributed by atoms with van der Waals surface area (Å²) in [5.41, 5.74) is 1.45. The molecule has 1 aliphatic heterocycles. The average Bonchev–Trinajstić information content (AvgIpc) is 3.27. The molecule has 8 heteroatoms. The molecule has 1 aromatic carbocycles. The van der Waals surface area contributed by atoms with Crippen LogP contribution in [0.15, 0.2) is 54.9 Å². The third-order valence-corrected chi connectivity index (χ3v) is 5.04. The number of hydrogen-bond donors (Lipinski definition) is 2. The Bertz CT molecular complexity index is 972. The summed E-state index contributed by atoms with van der Waals surface area (Å²) < 4.78 is 15.3. The molecule has 2 N–H and O–H groups in total. The fourth-order valence-corrected chi connectivity index (χ4v) is 3.64. The summed E-state index contributed by atoms with van der Waals surface area (Å²) >= 11 is 0. The number of benzene rings is 1. The van der Waals surface area contributed by atoms with Gasteiger partial charge in [0, 0.05) is 37.5 Å². The first kappa shape index (κ1) is 18.9. The minimum atomic E-state index is -0.468. The molecule has 2 amide bonds. The number of halogens is 1. The lowest BCUT2D eigenvalue weighted by Crippen LogP contribution is -2.44. The van der Waals surface area contributed by atoms with Crippen molar-refractivity contribution in [2.45, 2.75) is 25.3 Å². The largest absolute Gasteiger partial charge is 0.508 e. The van der Waals surface area contributed by atoms with E-state index in [1.165, 1.54) is 6.07 Å². The van der Waals surface area contributed by atoms with Crippen molar-refractivity contribution in [2.75, 3.05) is 13.1 Å². The van der Waals surface area contributed by atoms with E-state index < -0.39 is 5.82 Å². The lowest BCUT2D eigenvalue weighted by atomic mass is 9.90. The number of nitrogens with one attached hydrogen (secondary N) is 1. The van der Waals surface area contributed by atoms with Crippen LogP contribution in [0.4, 0.5) is 9.18 Å². The van der Waals surface area contributed by atoms with Gasteiger partial charge in [0.2, 0.25) is 0 Å². The molecule has 1 aliphatic rings. The molecule has 7 nitrogen and oxygen atoms in total. The quantitative estimate of drug-likeness (QED) is 0.711. The van der Waals surface area contributed by atoms with Crippen LogP contribution in [0, 0.1) is 5.82 Å². The van der Waals surface area contributed by atoms with Crippen LogP contribution in [0.1, 0.15) is 30.0 Å².